The highest BCUT2D eigenvalue weighted by atomic mass is 79.9. The Balaban J connectivity index is 2.24. The van der Waals surface area contributed by atoms with Crippen molar-refractivity contribution in [2.24, 2.45) is 0 Å². The Hall–Kier alpha value is -2.05. The van der Waals surface area contributed by atoms with Crippen molar-refractivity contribution in [3.63, 3.8) is 0 Å². The Morgan fingerprint density at radius 1 is 1.15 bits per heavy atom. The van der Waals surface area contributed by atoms with Crippen LogP contribution < -0.4 is 10.1 Å². The molecule has 0 saturated carbocycles. The average Bonchev–Trinajstić information content (AvgIpc) is 2.77. The van der Waals surface area contributed by atoms with E-state index in [0.29, 0.717) is 23.7 Å². The van der Waals surface area contributed by atoms with Crippen molar-refractivity contribution < 1.29 is 14.3 Å². The first kappa shape index (κ1) is 27.2. The van der Waals surface area contributed by atoms with Crippen molar-refractivity contribution in [1.29, 1.82) is 0 Å². The molecular weight excluding hydrogens is 504 g/mol. The van der Waals surface area contributed by atoms with Crippen molar-refractivity contribution >= 4 is 39.3 Å². The van der Waals surface area contributed by atoms with Crippen LogP contribution in [0, 0.1) is 0 Å². The van der Waals surface area contributed by atoms with Crippen molar-refractivity contribution in [1.82, 2.24) is 10.2 Å². The molecule has 1 atom stereocenters. The molecule has 5 nitrogen and oxygen atoms in total. The first-order valence-electron chi connectivity index (χ1n) is 11.3. The highest BCUT2D eigenvalue weighted by Crippen LogP contribution is 2.31. The van der Waals surface area contributed by atoms with Crippen LogP contribution in [0.4, 0.5) is 0 Å². The van der Waals surface area contributed by atoms with Crippen LogP contribution in [0.5, 0.6) is 5.75 Å². The van der Waals surface area contributed by atoms with Gasteiger partial charge >= 0.3 is 0 Å². The topological polar surface area (TPSA) is 58.6 Å². The fourth-order valence-corrected chi connectivity index (χ4v) is 4.09. The van der Waals surface area contributed by atoms with Gasteiger partial charge in [0.2, 0.25) is 5.91 Å². The molecule has 0 radical (unpaired) electrons. The Morgan fingerprint density at radius 2 is 1.85 bits per heavy atom. The van der Waals surface area contributed by atoms with Gasteiger partial charge in [0.05, 0.1) is 4.47 Å². The zero-order valence-electron chi connectivity index (χ0n) is 20.1. The van der Waals surface area contributed by atoms with Gasteiger partial charge < -0.3 is 15.0 Å². The monoisotopic (exact) mass is 536 g/mol. The Labute approximate surface area is 211 Å². The van der Waals surface area contributed by atoms with Gasteiger partial charge in [-0.15, -0.1) is 0 Å². The lowest BCUT2D eigenvalue weighted by Crippen LogP contribution is -2.50. The van der Waals surface area contributed by atoms with Gasteiger partial charge in [-0.05, 0) is 63.5 Å². The second kappa shape index (κ2) is 12.4. The summed E-state index contributed by atoms with van der Waals surface area (Å²) >= 11 is 9.91. The van der Waals surface area contributed by atoms with E-state index in [1.54, 1.807) is 11.0 Å². The SMILES string of the molecule is CCCNC(=O)C(CC)N(Cc1ccccc1Cl)C(=O)COc1ccc(C(C)(C)C)cc1Br. The quantitative estimate of drug-likeness (QED) is 0.398. The van der Waals surface area contributed by atoms with Gasteiger partial charge in [-0.25, -0.2) is 0 Å². The van der Waals surface area contributed by atoms with Gasteiger partial charge in [0, 0.05) is 18.1 Å². The zero-order chi connectivity index (χ0) is 24.6. The lowest BCUT2D eigenvalue weighted by atomic mass is 9.87. The van der Waals surface area contributed by atoms with E-state index >= 15 is 0 Å². The van der Waals surface area contributed by atoms with E-state index < -0.39 is 6.04 Å². The number of hydrogen-bond donors (Lipinski definition) is 1. The van der Waals surface area contributed by atoms with Gasteiger partial charge in [-0.2, -0.15) is 0 Å². The first-order valence-corrected chi connectivity index (χ1v) is 12.5. The molecule has 2 aromatic rings. The fraction of sp³-hybridized carbons (Fsp3) is 0.462. The summed E-state index contributed by atoms with van der Waals surface area (Å²) in [6.07, 6.45) is 1.30. The van der Waals surface area contributed by atoms with Crippen molar-refractivity contribution in [2.75, 3.05) is 13.2 Å². The third-order valence-corrected chi connectivity index (χ3v) is 6.37. The Bertz CT molecular complexity index is 959. The summed E-state index contributed by atoms with van der Waals surface area (Å²) in [7, 11) is 0. The second-order valence-corrected chi connectivity index (χ2v) is 10.3. The van der Waals surface area contributed by atoms with Crippen LogP contribution in [0.25, 0.3) is 0 Å². The summed E-state index contributed by atoms with van der Waals surface area (Å²) in [5.41, 5.74) is 1.94. The van der Waals surface area contributed by atoms with Crippen LogP contribution >= 0.6 is 27.5 Å². The number of amides is 2. The summed E-state index contributed by atoms with van der Waals surface area (Å²) in [5.74, 6) is 0.133. The molecule has 0 aliphatic rings. The number of halogens is 2. The molecule has 1 N–H and O–H groups in total. The van der Waals surface area contributed by atoms with Crippen LogP contribution in [-0.4, -0.2) is 35.9 Å². The molecule has 33 heavy (non-hydrogen) atoms. The molecule has 0 aliphatic heterocycles. The summed E-state index contributed by atoms with van der Waals surface area (Å²) in [6, 6.07) is 12.6. The van der Waals surface area contributed by atoms with Crippen LogP contribution in [-0.2, 0) is 21.5 Å². The lowest BCUT2D eigenvalue weighted by Gasteiger charge is -2.31. The minimum atomic E-state index is -0.615. The molecule has 0 bridgehead atoms. The molecule has 0 spiro atoms. The second-order valence-electron chi connectivity index (χ2n) is 9.01. The maximum Gasteiger partial charge on any atom is 0.261 e. The summed E-state index contributed by atoms with van der Waals surface area (Å²) in [4.78, 5) is 27.7. The molecular formula is C26H34BrClN2O3. The Morgan fingerprint density at radius 3 is 2.42 bits per heavy atom. The van der Waals surface area contributed by atoms with Gasteiger partial charge in [-0.1, -0.05) is 70.5 Å². The summed E-state index contributed by atoms with van der Waals surface area (Å²) in [5, 5.41) is 3.46. The van der Waals surface area contributed by atoms with E-state index in [-0.39, 0.29) is 30.4 Å². The molecule has 0 aliphatic carbocycles. The van der Waals surface area contributed by atoms with Gasteiger partial charge in [0.1, 0.15) is 11.8 Å². The molecule has 7 heteroatoms. The van der Waals surface area contributed by atoms with E-state index in [9.17, 15) is 9.59 Å². The summed E-state index contributed by atoms with van der Waals surface area (Å²) < 4.78 is 6.65. The number of carbonyl (C=O) groups excluding carboxylic acids is 2. The molecule has 2 rings (SSSR count). The van der Waals surface area contributed by atoms with E-state index in [2.05, 4.69) is 42.0 Å². The number of carbonyl (C=O) groups is 2. The van der Waals surface area contributed by atoms with E-state index in [1.165, 1.54) is 0 Å². The highest BCUT2D eigenvalue weighted by Gasteiger charge is 2.29. The van der Waals surface area contributed by atoms with Crippen LogP contribution in [0.3, 0.4) is 0 Å². The van der Waals surface area contributed by atoms with Crippen LogP contribution in [0.2, 0.25) is 5.02 Å². The zero-order valence-corrected chi connectivity index (χ0v) is 22.4. The third-order valence-electron chi connectivity index (χ3n) is 5.38. The lowest BCUT2D eigenvalue weighted by molar-refractivity contribution is -0.143. The average molecular weight is 538 g/mol. The standard InChI is InChI=1S/C26H34BrClN2O3/c1-6-14-29-25(32)22(7-2)30(16-18-10-8-9-11-21(18)28)24(31)17-33-23-13-12-19(15-20(23)27)26(3,4)5/h8-13,15,22H,6-7,14,16-17H2,1-5H3,(H,29,32). The third kappa shape index (κ3) is 7.75. The van der Waals surface area contributed by atoms with E-state index in [4.69, 9.17) is 16.3 Å². The molecule has 0 saturated heterocycles. The number of hydrogen-bond acceptors (Lipinski definition) is 3. The van der Waals surface area contributed by atoms with Crippen LogP contribution in [0.1, 0.15) is 58.6 Å². The highest BCUT2D eigenvalue weighted by molar-refractivity contribution is 9.10. The smallest absolute Gasteiger partial charge is 0.261 e. The molecule has 0 fully saturated rings. The normalized spacial score (nSPS) is 12.2. The van der Waals surface area contributed by atoms with Crippen molar-refractivity contribution in [3.8, 4) is 5.75 Å². The number of ether oxygens (including phenoxy) is 1. The molecule has 0 aromatic heterocycles. The van der Waals surface area contributed by atoms with Crippen LogP contribution in [0.15, 0.2) is 46.9 Å². The van der Waals surface area contributed by atoms with E-state index in [1.807, 2.05) is 50.2 Å². The molecule has 2 aromatic carbocycles. The molecule has 2 amide bonds. The van der Waals surface area contributed by atoms with Gasteiger partial charge in [0.25, 0.3) is 5.91 Å². The fourth-order valence-electron chi connectivity index (χ4n) is 3.40. The van der Waals surface area contributed by atoms with E-state index in [0.717, 1.165) is 22.0 Å². The number of nitrogens with zero attached hydrogens (tertiary/aromatic N) is 1. The summed E-state index contributed by atoms with van der Waals surface area (Å²) in [6.45, 7) is 10.9. The van der Waals surface area contributed by atoms with Crippen molar-refractivity contribution in [2.45, 2.75) is 65.5 Å². The molecule has 0 heterocycles. The van der Waals surface area contributed by atoms with Crippen molar-refractivity contribution in [3.05, 3.63) is 63.1 Å². The maximum absolute atomic E-state index is 13.3. The maximum atomic E-state index is 13.3. The minimum absolute atomic E-state index is 0.00280. The number of rotatable bonds is 10. The first-order chi connectivity index (χ1) is 15.6. The molecule has 1 unspecified atom stereocenters. The largest absolute Gasteiger partial charge is 0.483 e. The minimum Gasteiger partial charge on any atom is -0.483 e. The number of nitrogens with one attached hydrogen (secondary N) is 1. The van der Waals surface area contributed by atoms with Gasteiger partial charge in [-0.3, -0.25) is 9.59 Å². The van der Waals surface area contributed by atoms with Gasteiger partial charge in [0.15, 0.2) is 6.61 Å². The predicted octanol–water partition coefficient (Wildman–Crippen LogP) is 6.11. The predicted molar refractivity (Wildman–Crippen MR) is 138 cm³/mol. The Kier molecular flexibility index (Phi) is 10.2. The molecule has 180 valence electrons. The number of benzene rings is 2.